The third-order valence-electron chi connectivity index (χ3n) is 6.03. The number of halogens is 3. The summed E-state index contributed by atoms with van der Waals surface area (Å²) in [4.78, 5) is 8.35. The normalized spacial score (nSPS) is 22.4. The molecule has 0 spiro atoms. The number of anilines is 1. The smallest absolute Gasteiger partial charge is 0.367 e. The van der Waals surface area contributed by atoms with E-state index in [1.165, 1.54) is 12.1 Å². The number of nitrogens with zero attached hydrogens (tertiary/aromatic N) is 3. The second kappa shape index (κ2) is 10.2. The highest BCUT2D eigenvalue weighted by atomic mass is 19.4. The molecule has 7 nitrogen and oxygen atoms in total. The average Bonchev–Trinajstić information content (AvgIpc) is 3.64. The summed E-state index contributed by atoms with van der Waals surface area (Å²) in [6.45, 7) is 5.05. The number of para-hydroxylation sites is 1. The molecule has 3 N–H and O–H groups in total. The molecule has 0 aromatic heterocycles. The molecule has 36 heavy (non-hydrogen) atoms. The molecule has 0 radical (unpaired) electrons. The summed E-state index contributed by atoms with van der Waals surface area (Å²) in [5, 5.41) is 15.9. The molecule has 2 aliphatic heterocycles. The van der Waals surface area contributed by atoms with Crippen LogP contribution in [0.5, 0.6) is 0 Å². The van der Waals surface area contributed by atoms with Gasteiger partial charge in [0.15, 0.2) is 12.5 Å². The third kappa shape index (κ3) is 5.48. The van der Waals surface area contributed by atoms with Gasteiger partial charge in [0.1, 0.15) is 17.5 Å². The van der Waals surface area contributed by atoms with Gasteiger partial charge in [-0.2, -0.15) is 13.2 Å². The number of nitrogens with one attached hydrogen (secondary N) is 3. The third-order valence-corrected chi connectivity index (χ3v) is 6.03. The number of epoxide rings is 1. The Balaban J connectivity index is 1.73. The molecule has 0 amide bonds. The largest absolute Gasteiger partial charge is 0.416 e. The van der Waals surface area contributed by atoms with Gasteiger partial charge < -0.3 is 25.2 Å². The van der Waals surface area contributed by atoms with Crippen LogP contribution in [0.2, 0.25) is 0 Å². The van der Waals surface area contributed by atoms with E-state index >= 15 is 0 Å². The summed E-state index contributed by atoms with van der Waals surface area (Å²) < 4.78 is 44.9. The Bertz CT molecular complexity index is 1140. The molecule has 2 atom stereocenters. The Hall–Kier alpha value is -3.53. The Kier molecular flexibility index (Phi) is 7.26. The monoisotopic (exact) mass is 500 g/mol. The Morgan fingerprint density at radius 2 is 1.75 bits per heavy atom. The van der Waals surface area contributed by atoms with Crippen LogP contribution in [-0.4, -0.2) is 54.6 Å². The second-order valence-electron chi connectivity index (χ2n) is 9.26. The highest BCUT2D eigenvalue weighted by Crippen LogP contribution is 2.36. The van der Waals surface area contributed by atoms with Crippen LogP contribution < -0.4 is 10.6 Å². The van der Waals surface area contributed by atoms with Crippen molar-refractivity contribution in [2.75, 3.05) is 26.0 Å². The lowest BCUT2D eigenvalue weighted by atomic mass is 10.1. The van der Waals surface area contributed by atoms with E-state index in [0.29, 0.717) is 35.3 Å². The van der Waals surface area contributed by atoms with E-state index in [2.05, 4.69) is 29.5 Å². The van der Waals surface area contributed by atoms with Crippen molar-refractivity contribution in [3.8, 4) is 0 Å². The lowest BCUT2D eigenvalue weighted by molar-refractivity contribution is -0.137. The van der Waals surface area contributed by atoms with E-state index in [1.54, 1.807) is 7.05 Å². The molecule has 2 aromatic carbocycles. The topological polar surface area (TPSA) is 79.3 Å². The minimum atomic E-state index is -4.39. The van der Waals surface area contributed by atoms with Crippen molar-refractivity contribution >= 4 is 17.4 Å². The Labute approximate surface area is 209 Å². The lowest BCUT2D eigenvalue weighted by Gasteiger charge is -2.28. The fourth-order valence-electron chi connectivity index (χ4n) is 4.23. The SMILES string of the molecule is CN=C1/C(=C(/NCc2ccc(C(F)(F)F)cc2)Nc2ccccc2)C(=N)N(CC(C)C)C2OC2N1C. The quantitative estimate of drug-likeness (QED) is 0.480. The average molecular weight is 501 g/mol. The molecular weight excluding hydrogens is 469 g/mol. The van der Waals surface area contributed by atoms with Gasteiger partial charge in [0.25, 0.3) is 0 Å². The predicted octanol–water partition coefficient (Wildman–Crippen LogP) is 4.71. The lowest BCUT2D eigenvalue weighted by Crippen LogP contribution is -2.40. The molecule has 0 saturated carbocycles. The maximum absolute atomic E-state index is 13.0. The van der Waals surface area contributed by atoms with Crippen molar-refractivity contribution in [1.29, 1.82) is 5.41 Å². The van der Waals surface area contributed by atoms with E-state index in [0.717, 1.165) is 17.8 Å². The molecular formula is C26H31F3N6O. The van der Waals surface area contributed by atoms with Gasteiger partial charge in [-0.05, 0) is 35.7 Å². The molecule has 192 valence electrons. The number of amidine groups is 2. The fraction of sp³-hybridized carbons (Fsp3) is 0.385. The summed E-state index contributed by atoms with van der Waals surface area (Å²) in [5.41, 5.74) is 1.34. The van der Waals surface area contributed by atoms with Gasteiger partial charge in [-0.15, -0.1) is 0 Å². The maximum Gasteiger partial charge on any atom is 0.416 e. The number of hydrogen-bond donors (Lipinski definition) is 3. The second-order valence-corrected chi connectivity index (χ2v) is 9.26. The molecule has 2 saturated heterocycles. The molecule has 2 fully saturated rings. The summed E-state index contributed by atoms with van der Waals surface area (Å²) in [6.07, 6.45) is -4.84. The van der Waals surface area contributed by atoms with E-state index in [-0.39, 0.29) is 24.8 Å². The van der Waals surface area contributed by atoms with Gasteiger partial charge in [-0.3, -0.25) is 10.4 Å². The standard InChI is InChI=1S/C26H31F3N6O/c1-16(2)15-35-21(30)20(23(31-3)34(4)24-25(35)36-24)22(33-19-8-6-5-7-9-19)32-14-17-10-12-18(13-11-17)26(27,28)29/h5-13,16,24-25,30,32-33H,14-15H2,1-4H3/b22-20-,30-21?,31-23?. The summed E-state index contributed by atoms with van der Waals surface area (Å²) in [7, 11) is 3.56. The molecule has 2 unspecified atom stereocenters. The van der Waals surface area contributed by atoms with Crippen molar-refractivity contribution in [2.24, 2.45) is 10.9 Å². The van der Waals surface area contributed by atoms with Crippen LogP contribution in [0, 0.1) is 11.3 Å². The number of likely N-dealkylation sites (N-methyl/N-ethyl adjacent to an activating group) is 1. The first-order valence-corrected chi connectivity index (χ1v) is 11.8. The van der Waals surface area contributed by atoms with E-state index in [1.807, 2.05) is 47.2 Å². The fourth-order valence-corrected chi connectivity index (χ4v) is 4.23. The minimum Gasteiger partial charge on any atom is -0.367 e. The van der Waals surface area contributed by atoms with Crippen molar-refractivity contribution in [3.05, 3.63) is 77.1 Å². The van der Waals surface area contributed by atoms with Crippen molar-refractivity contribution in [2.45, 2.75) is 39.0 Å². The molecule has 0 bridgehead atoms. The van der Waals surface area contributed by atoms with Gasteiger partial charge in [-0.1, -0.05) is 44.2 Å². The highest BCUT2D eigenvalue weighted by molar-refractivity contribution is 6.23. The van der Waals surface area contributed by atoms with Crippen LogP contribution in [0.25, 0.3) is 0 Å². The zero-order valence-corrected chi connectivity index (χ0v) is 20.7. The van der Waals surface area contributed by atoms with Crippen LogP contribution in [0.15, 0.2) is 71.0 Å². The first-order chi connectivity index (χ1) is 17.1. The molecule has 2 heterocycles. The zero-order chi connectivity index (χ0) is 26.0. The van der Waals surface area contributed by atoms with Gasteiger partial charge in [-0.25, -0.2) is 0 Å². The molecule has 2 aromatic rings. The van der Waals surface area contributed by atoms with E-state index in [4.69, 9.17) is 10.1 Å². The van der Waals surface area contributed by atoms with Crippen molar-refractivity contribution < 1.29 is 17.9 Å². The van der Waals surface area contributed by atoms with Gasteiger partial charge >= 0.3 is 6.18 Å². The number of alkyl halides is 3. The van der Waals surface area contributed by atoms with Crippen molar-refractivity contribution in [3.63, 3.8) is 0 Å². The van der Waals surface area contributed by atoms with Crippen LogP contribution in [0.1, 0.15) is 25.0 Å². The molecule has 2 aliphatic rings. The van der Waals surface area contributed by atoms with Gasteiger partial charge in [0, 0.05) is 32.9 Å². The maximum atomic E-state index is 13.0. The van der Waals surface area contributed by atoms with Crippen LogP contribution in [0.4, 0.5) is 18.9 Å². The summed E-state index contributed by atoms with van der Waals surface area (Å²) in [6, 6.07) is 14.6. The van der Waals surface area contributed by atoms with Crippen LogP contribution >= 0.6 is 0 Å². The van der Waals surface area contributed by atoms with Gasteiger partial charge in [0.2, 0.25) is 0 Å². The Morgan fingerprint density at radius 1 is 1.08 bits per heavy atom. The summed E-state index contributed by atoms with van der Waals surface area (Å²) in [5.74, 6) is 1.68. The highest BCUT2D eigenvalue weighted by Gasteiger charge is 2.53. The Morgan fingerprint density at radius 3 is 2.33 bits per heavy atom. The number of ether oxygens (including phenoxy) is 1. The first-order valence-electron chi connectivity index (χ1n) is 11.8. The molecule has 10 heteroatoms. The van der Waals surface area contributed by atoms with Crippen LogP contribution in [0.3, 0.4) is 0 Å². The van der Waals surface area contributed by atoms with Gasteiger partial charge in [0.05, 0.1) is 11.1 Å². The first kappa shape index (κ1) is 25.6. The summed E-state index contributed by atoms with van der Waals surface area (Å²) >= 11 is 0. The number of hydrogen-bond acceptors (Lipinski definition) is 5. The van der Waals surface area contributed by atoms with E-state index in [9.17, 15) is 13.2 Å². The number of fused-ring (bicyclic) bond motifs is 1. The predicted molar refractivity (Wildman–Crippen MR) is 134 cm³/mol. The van der Waals surface area contributed by atoms with Crippen molar-refractivity contribution in [1.82, 2.24) is 15.1 Å². The number of aliphatic imine (C=N–C) groups is 1. The number of rotatable bonds is 7. The number of benzene rings is 2. The molecule has 4 rings (SSSR count). The minimum absolute atomic E-state index is 0.215. The van der Waals surface area contributed by atoms with Crippen LogP contribution in [-0.2, 0) is 17.5 Å². The zero-order valence-electron chi connectivity index (χ0n) is 20.7. The van der Waals surface area contributed by atoms with E-state index < -0.39 is 11.7 Å². The molecule has 0 aliphatic carbocycles.